The smallest absolute Gasteiger partial charge is 0.232 e. The van der Waals surface area contributed by atoms with Gasteiger partial charge in [0.25, 0.3) is 0 Å². The van der Waals surface area contributed by atoms with Gasteiger partial charge in [-0.15, -0.1) is 0 Å². The van der Waals surface area contributed by atoms with E-state index in [-0.39, 0.29) is 12.2 Å². The number of hydrogen-bond acceptors (Lipinski definition) is 4. The summed E-state index contributed by atoms with van der Waals surface area (Å²) >= 11 is 0. The van der Waals surface area contributed by atoms with Crippen LogP contribution >= 0.6 is 10.7 Å². The van der Waals surface area contributed by atoms with E-state index < -0.39 is 15.3 Å². The van der Waals surface area contributed by atoms with Crippen LogP contribution < -0.4 is 0 Å². The minimum absolute atomic E-state index is 0.126. The fourth-order valence-electron chi connectivity index (χ4n) is 0.824. The highest BCUT2D eigenvalue weighted by Crippen LogP contribution is 2.06. The number of hydrogen-bond donors (Lipinski definition) is 0. The van der Waals surface area contributed by atoms with Crippen LogP contribution in [-0.4, -0.2) is 33.7 Å². The van der Waals surface area contributed by atoms with Crippen molar-refractivity contribution in [3.8, 4) is 0 Å². The Morgan fingerprint density at radius 3 is 2.00 bits per heavy atom. The van der Waals surface area contributed by atoms with Gasteiger partial charge >= 0.3 is 0 Å². The van der Waals surface area contributed by atoms with E-state index in [9.17, 15) is 8.42 Å². The first kappa shape index (κ1) is 13.2. The number of halogens is 1. The zero-order valence-electron chi connectivity index (χ0n) is 7.82. The summed E-state index contributed by atoms with van der Waals surface area (Å²) in [6.07, 6.45) is -0.198. The van der Waals surface area contributed by atoms with Crippen LogP contribution in [0.1, 0.15) is 20.3 Å². The molecule has 13 heavy (non-hydrogen) atoms. The van der Waals surface area contributed by atoms with E-state index in [0.717, 1.165) is 0 Å². The second-order valence-corrected chi connectivity index (χ2v) is 5.27. The molecule has 0 spiro atoms. The van der Waals surface area contributed by atoms with Crippen molar-refractivity contribution in [1.82, 2.24) is 0 Å². The molecule has 0 rings (SSSR count). The zero-order chi connectivity index (χ0) is 10.3. The molecule has 0 saturated heterocycles. The van der Waals surface area contributed by atoms with Gasteiger partial charge in [0.15, 0.2) is 6.29 Å². The summed E-state index contributed by atoms with van der Waals surface area (Å²) in [5, 5.41) is 0. The van der Waals surface area contributed by atoms with E-state index in [4.69, 9.17) is 20.2 Å². The van der Waals surface area contributed by atoms with Crippen LogP contribution in [0, 0.1) is 0 Å². The summed E-state index contributed by atoms with van der Waals surface area (Å²) in [5.41, 5.74) is 0. The molecule has 0 heterocycles. The standard InChI is InChI=1S/C7H15ClO4S/c1-3-11-7(12-4-2)5-6-13(8,9)10/h7H,3-6H2,1-2H3. The Labute approximate surface area is 83.6 Å². The predicted molar refractivity (Wildman–Crippen MR) is 51.3 cm³/mol. The lowest BCUT2D eigenvalue weighted by molar-refractivity contribution is -0.136. The molecule has 0 amide bonds. The molecule has 0 aliphatic rings. The Bertz CT molecular complexity index is 209. The molecule has 0 bridgehead atoms. The van der Waals surface area contributed by atoms with Gasteiger partial charge in [0, 0.05) is 30.3 Å². The minimum atomic E-state index is -3.44. The van der Waals surface area contributed by atoms with E-state index >= 15 is 0 Å². The summed E-state index contributed by atoms with van der Waals surface area (Å²) in [6.45, 7) is 4.63. The highest BCUT2D eigenvalue weighted by molar-refractivity contribution is 8.13. The Morgan fingerprint density at radius 2 is 1.69 bits per heavy atom. The normalized spacial score (nSPS) is 12.3. The van der Waals surface area contributed by atoms with Crippen LogP contribution in [0.2, 0.25) is 0 Å². The molecule has 0 atom stereocenters. The molecular weight excluding hydrogens is 216 g/mol. The van der Waals surface area contributed by atoms with Crippen molar-refractivity contribution in [3.05, 3.63) is 0 Å². The summed E-state index contributed by atoms with van der Waals surface area (Å²) in [5.74, 6) is -0.126. The quantitative estimate of drug-likeness (QED) is 0.489. The molecule has 6 heteroatoms. The lowest BCUT2D eigenvalue weighted by atomic mass is 10.5. The number of rotatable bonds is 7. The van der Waals surface area contributed by atoms with E-state index in [2.05, 4.69) is 0 Å². The Hall–Kier alpha value is 0.160. The van der Waals surface area contributed by atoms with Crippen molar-refractivity contribution < 1.29 is 17.9 Å². The molecule has 0 aliphatic carbocycles. The second-order valence-electron chi connectivity index (χ2n) is 2.37. The second kappa shape index (κ2) is 6.59. The van der Waals surface area contributed by atoms with E-state index in [1.54, 1.807) is 0 Å². The summed E-state index contributed by atoms with van der Waals surface area (Å²) in [6, 6.07) is 0. The predicted octanol–water partition coefficient (Wildman–Crippen LogP) is 1.34. The molecule has 0 radical (unpaired) electrons. The maximum absolute atomic E-state index is 10.6. The SMILES string of the molecule is CCOC(CCS(=O)(=O)Cl)OCC. The largest absolute Gasteiger partial charge is 0.353 e. The van der Waals surface area contributed by atoms with Crippen molar-refractivity contribution in [2.24, 2.45) is 0 Å². The van der Waals surface area contributed by atoms with Gasteiger partial charge in [-0.2, -0.15) is 0 Å². The molecule has 0 N–H and O–H groups in total. The van der Waals surface area contributed by atoms with Crippen LogP contribution in [0.5, 0.6) is 0 Å². The highest BCUT2D eigenvalue weighted by Gasteiger charge is 2.13. The molecule has 0 saturated carbocycles. The van der Waals surface area contributed by atoms with Crippen molar-refractivity contribution in [1.29, 1.82) is 0 Å². The minimum Gasteiger partial charge on any atom is -0.353 e. The third kappa shape index (κ3) is 8.49. The van der Waals surface area contributed by atoms with Gasteiger partial charge in [0.05, 0.1) is 5.75 Å². The molecule has 0 aromatic carbocycles. The summed E-state index contributed by atoms with van der Waals surface area (Å²) < 4.78 is 31.5. The van der Waals surface area contributed by atoms with Gasteiger partial charge in [0.2, 0.25) is 9.05 Å². The molecule has 0 aromatic heterocycles. The van der Waals surface area contributed by atoms with Crippen LogP contribution in [0.15, 0.2) is 0 Å². The lowest BCUT2D eigenvalue weighted by Gasteiger charge is -2.15. The maximum Gasteiger partial charge on any atom is 0.232 e. The van der Waals surface area contributed by atoms with Gasteiger partial charge < -0.3 is 9.47 Å². The van der Waals surface area contributed by atoms with Crippen LogP contribution in [-0.2, 0) is 18.5 Å². The topological polar surface area (TPSA) is 52.6 Å². The van der Waals surface area contributed by atoms with Gasteiger partial charge in [-0.3, -0.25) is 0 Å². The maximum atomic E-state index is 10.6. The average Bonchev–Trinajstić information content (AvgIpc) is 2.00. The first-order chi connectivity index (χ1) is 5.99. The molecule has 4 nitrogen and oxygen atoms in total. The van der Waals surface area contributed by atoms with Gasteiger partial charge in [-0.05, 0) is 13.8 Å². The number of ether oxygens (including phenoxy) is 2. The van der Waals surface area contributed by atoms with Gasteiger partial charge in [-0.1, -0.05) is 0 Å². The Balaban J connectivity index is 3.81. The first-order valence-electron chi connectivity index (χ1n) is 4.15. The van der Waals surface area contributed by atoms with Crippen molar-refractivity contribution in [3.63, 3.8) is 0 Å². The molecule has 0 aliphatic heterocycles. The van der Waals surface area contributed by atoms with Crippen molar-refractivity contribution >= 4 is 19.7 Å². The van der Waals surface area contributed by atoms with Crippen molar-refractivity contribution in [2.75, 3.05) is 19.0 Å². The molecule has 0 aromatic rings. The van der Waals surface area contributed by atoms with Crippen LogP contribution in [0.25, 0.3) is 0 Å². The summed E-state index contributed by atoms with van der Waals surface area (Å²) in [4.78, 5) is 0. The average molecular weight is 231 g/mol. The third-order valence-electron chi connectivity index (χ3n) is 1.30. The lowest BCUT2D eigenvalue weighted by Crippen LogP contribution is -2.20. The zero-order valence-corrected chi connectivity index (χ0v) is 9.40. The van der Waals surface area contributed by atoms with Crippen LogP contribution in [0.3, 0.4) is 0 Å². The van der Waals surface area contributed by atoms with Crippen LogP contribution in [0.4, 0.5) is 0 Å². The Kier molecular flexibility index (Phi) is 6.67. The fraction of sp³-hybridized carbons (Fsp3) is 1.00. The van der Waals surface area contributed by atoms with Crippen molar-refractivity contribution in [2.45, 2.75) is 26.6 Å². The highest BCUT2D eigenvalue weighted by atomic mass is 35.7. The Morgan fingerprint density at radius 1 is 1.23 bits per heavy atom. The molecule has 0 unspecified atom stereocenters. The van der Waals surface area contributed by atoms with E-state index in [0.29, 0.717) is 13.2 Å². The summed E-state index contributed by atoms with van der Waals surface area (Å²) in [7, 11) is 1.60. The van der Waals surface area contributed by atoms with E-state index in [1.165, 1.54) is 0 Å². The van der Waals surface area contributed by atoms with Gasteiger partial charge in [0.1, 0.15) is 0 Å². The fourth-order valence-corrected chi connectivity index (χ4v) is 1.56. The molecular formula is C7H15ClO4S. The molecule has 0 fully saturated rings. The first-order valence-corrected chi connectivity index (χ1v) is 6.63. The monoisotopic (exact) mass is 230 g/mol. The molecule has 80 valence electrons. The van der Waals surface area contributed by atoms with E-state index in [1.807, 2.05) is 13.8 Å². The third-order valence-corrected chi connectivity index (χ3v) is 2.49. The van der Waals surface area contributed by atoms with Gasteiger partial charge in [-0.25, -0.2) is 8.42 Å².